The molecule has 0 aliphatic carbocycles. The van der Waals surface area contributed by atoms with E-state index in [9.17, 15) is 16.8 Å². The molecule has 0 atom stereocenters. The maximum absolute atomic E-state index is 13.4. The first-order valence-electron chi connectivity index (χ1n) is 8.84. The summed E-state index contributed by atoms with van der Waals surface area (Å²) in [6, 6.07) is 7.52. The second kappa shape index (κ2) is 9.69. The van der Waals surface area contributed by atoms with Crippen LogP contribution in [0.5, 0.6) is 0 Å². The summed E-state index contributed by atoms with van der Waals surface area (Å²) in [6.07, 6.45) is 1.04. The highest BCUT2D eigenvalue weighted by Gasteiger charge is 2.28. The quantitative estimate of drug-likeness (QED) is 0.539. The number of hydrogen-bond acceptors (Lipinski definition) is 6. The van der Waals surface area contributed by atoms with Crippen molar-refractivity contribution in [3.8, 4) is 0 Å². The highest BCUT2D eigenvalue weighted by atomic mass is 35.5. The Bertz CT molecular complexity index is 986. The van der Waals surface area contributed by atoms with Crippen LogP contribution in [0.4, 0.5) is 0 Å². The van der Waals surface area contributed by atoms with E-state index < -0.39 is 19.9 Å². The Hall–Kier alpha value is -0.970. The summed E-state index contributed by atoms with van der Waals surface area (Å²) in [5.41, 5.74) is 0. The van der Waals surface area contributed by atoms with Gasteiger partial charge >= 0.3 is 0 Å². The lowest BCUT2D eigenvalue weighted by molar-refractivity contribution is 0.269. The van der Waals surface area contributed by atoms with Crippen molar-refractivity contribution in [1.29, 1.82) is 0 Å². The summed E-state index contributed by atoms with van der Waals surface area (Å²) in [5.74, 6) is 0. The van der Waals surface area contributed by atoms with Gasteiger partial charge in [-0.25, -0.2) is 16.8 Å². The van der Waals surface area contributed by atoms with Crippen molar-refractivity contribution in [1.82, 2.24) is 9.21 Å². The molecule has 0 fully saturated rings. The molecule has 6 nitrogen and oxygen atoms in total. The SMILES string of the molecule is CCN(CC)CCN(Cc1cccs1)S(=O)(=O)c1cc(S(C)(=O)=O)ccc1Cl. The van der Waals surface area contributed by atoms with Crippen molar-refractivity contribution in [3.05, 3.63) is 45.6 Å². The first-order chi connectivity index (χ1) is 13.1. The molecule has 1 aromatic heterocycles. The molecule has 156 valence electrons. The third-order valence-corrected chi connectivity index (χ3v) is 8.72. The van der Waals surface area contributed by atoms with E-state index in [1.54, 1.807) is 0 Å². The molecule has 0 bridgehead atoms. The fourth-order valence-electron chi connectivity index (χ4n) is 2.70. The van der Waals surface area contributed by atoms with Gasteiger partial charge in [-0.2, -0.15) is 4.31 Å². The zero-order valence-corrected chi connectivity index (χ0v) is 19.3. The Morgan fingerprint density at radius 2 is 1.71 bits per heavy atom. The van der Waals surface area contributed by atoms with Crippen LogP contribution in [-0.2, 0) is 26.4 Å². The smallest absolute Gasteiger partial charge is 0.244 e. The zero-order chi connectivity index (χ0) is 20.9. The number of rotatable bonds is 10. The number of halogens is 1. The molecule has 10 heteroatoms. The van der Waals surface area contributed by atoms with Crippen LogP contribution in [0.1, 0.15) is 18.7 Å². The lowest BCUT2D eigenvalue weighted by atomic mass is 10.4. The van der Waals surface area contributed by atoms with Crippen LogP contribution in [0.2, 0.25) is 5.02 Å². The van der Waals surface area contributed by atoms with E-state index in [2.05, 4.69) is 4.90 Å². The number of nitrogens with zero attached hydrogens (tertiary/aromatic N) is 2. The van der Waals surface area contributed by atoms with Gasteiger partial charge in [0.2, 0.25) is 10.0 Å². The van der Waals surface area contributed by atoms with Crippen molar-refractivity contribution in [3.63, 3.8) is 0 Å². The second-order valence-electron chi connectivity index (χ2n) is 6.31. The van der Waals surface area contributed by atoms with Gasteiger partial charge in [0.25, 0.3) is 0 Å². The average molecular weight is 465 g/mol. The minimum absolute atomic E-state index is 0.00594. The van der Waals surface area contributed by atoms with Crippen LogP contribution >= 0.6 is 22.9 Å². The molecule has 0 spiro atoms. The van der Waals surface area contributed by atoms with Crippen LogP contribution < -0.4 is 0 Å². The number of likely N-dealkylation sites (N-methyl/N-ethyl adjacent to an activating group) is 1. The van der Waals surface area contributed by atoms with Crippen molar-refractivity contribution < 1.29 is 16.8 Å². The van der Waals surface area contributed by atoms with Gasteiger partial charge in [-0.05, 0) is 42.7 Å². The molecule has 0 aliphatic heterocycles. The fraction of sp³-hybridized carbons (Fsp3) is 0.444. The molecule has 1 aromatic carbocycles. The minimum atomic E-state index is -3.99. The first kappa shape index (κ1) is 23.3. The Morgan fingerprint density at radius 1 is 1.04 bits per heavy atom. The Kier molecular flexibility index (Phi) is 8.06. The van der Waals surface area contributed by atoms with Crippen molar-refractivity contribution in [2.24, 2.45) is 0 Å². The van der Waals surface area contributed by atoms with E-state index in [1.807, 2.05) is 31.4 Å². The van der Waals surface area contributed by atoms with E-state index >= 15 is 0 Å². The van der Waals surface area contributed by atoms with Gasteiger partial charge in [0, 0.05) is 30.8 Å². The third-order valence-electron chi connectivity index (χ3n) is 4.42. The van der Waals surface area contributed by atoms with Gasteiger partial charge in [-0.15, -0.1) is 11.3 Å². The average Bonchev–Trinajstić information content (AvgIpc) is 3.13. The minimum Gasteiger partial charge on any atom is -0.303 e. The molecule has 2 rings (SSSR count). The number of hydrogen-bond donors (Lipinski definition) is 0. The molecular formula is C18H25ClN2O4S3. The van der Waals surface area contributed by atoms with Gasteiger partial charge in [-0.1, -0.05) is 31.5 Å². The summed E-state index contributed by atoms with van der Waals surface area (Å²) in [7, 11) is -7.55. The van der Waals surface area contributed by atoms with Gasteiger partial charge in [-0.3, -0.25) is 0 Å². The van der Waals surface area contributed by atoms with Crippen LogP contribution in [0.15, 0.2) is 45.5 Å². The normalized spacial score (nSPS) is 12.8. The molecule has 0 unspecified atom stereocenters. The number of benzene rings is 1. The van der Waals surface area contributed by atoms with Crippen LogP contribution in [0.25, 0.3) is 0 Å². The molecule has 2 aromatic rings. The Labute approximate surface area is 176 Å². The second-order valence-corrected chi connectivity index (χ2v) is 11.7. The predicted octanol–water partition coefficient (Wildman–Crippen LogP) is 3.34. The van der Waals surface area contributed by atoms with Crippen molar-refractivity contribution in [2.45, 2.75) is 30.2 Å². The monoisotopic (exact) mass is 464 g/mol. The lowest BCUT2D eigenvalue weighted by Crippen LogP contribution is -2.38. The number of sulfone groups is 1. The van der Waals surface area contributed by atoms with Crippen LogP contribution in [0, 0.1) is 0 Å². The largest absolute Gasteiger partial charge is 0.303 e. The van der Waals surface area contributed by atoms with Gasteiger partial charge < -0.3 is 4.90 Å². The van der Waals surface area contributed by atoms with Crippen molar-refractivity contribution >= 4 is 42.8 Å². The maximum atomic E-state index is 13.4. The molecule has 0 radical (unpaired) electrons. The van der Waals surface area contributed by atoms with Gasteiger partial charge in [0.15, 0.2) is 9.84 Å². The maximum Gasteiger partial charge on any atom is 0.244 e. The Morgan fingerprint density at radius 3 is 2.25 bits per heavy atom. The molecule has 0 saturated carbocycles. The topological polar surface area (TPSA) is 74.8 Å². The molecular weight excluding hydrogens is 440 g/mol. The first-order valence-corrected chi connectivity index (χ1v) is 13.4. The summed E-state index contributed by atoms with van der Waals surface area (Å²) < 4.78 is 51.9. The number of sulfonamides is 1. The molecule has 0 aliphatic rings. The molecule has 0 N–H and O–H groups in total. The van der Waals surface area contributed by atoms with Gasteiger partial charge in [0.1, 0.15) is 4.90 Å². The summed E-state index contributed by atoms with van der Waals surface area (Å²) in [5, 5.41) is 1.90. The van der Waals surface area contributed by atoms with Crippen molar-refractivity contribution in [2.75, 3.05) is 32.4 Å². The van der Waals surface area contributed by atoms with E-state index in [-0.39, 0.29) is 27.9 Å². The lowest BCUT2D eigenvalue weighted by Gasteiger charge is -2.26. The highest BCUT2D eigenvalue weighted by molar-refractivity contribution is 7.91. The molecule has 0 amide bonds. The zero-order valence-electron chi connectivity index (χ0n) is 16.1. The number of thiophene rings is 1. The molecule has 0 saturated heterocycles. The standard InChI is InChI=1S/C18H25ClN2O4S3/c1-4-20(5-2)10-11-21(14-15-7-6-12-26-15)28(24,25)18-13-16(27(3,22)23)8-9-17(18)19/h6-9,12-13H,4-5,10-11,14H2,1-3H3. The summed E-state index contributed by atoms with van der Waals surface area (Å²) >= 11 is 7.64. The third kappa shape index (κ3) is 5.77. The van der Waals surface area contributed by atoms with E-state index in [4.69, 9.17) is 11.6 Å². The van der Waals surface area contributed by atoms with E-state index in [0.29, 0.717) is 6.54 Å². The summed E-state index contributed by atoms with van der Waals surface area (Å²) in [4.78, 5) is 2.77. The summed E-state index contributed by atoms with van der Waals surface area (Å²) in [6.45, 7) is 6.73. The van der Waals surface area contributed by atoms with E-state index in [0.717, 1.165) is 30.3 Å². The molecule has 1 heterocycles. The fourth-order valence-corrected chi connectivity index (χ4v) is 6.14. The molecule has 28 heavy (non-hydrogen) atoms. The predicted molar refractivity (Wildman–Crippen MR) is 114 cm³/mol. The van der Waals surface area contributed by atoms with Crippen LogP contribution in [-0.4, -0.2) is 58.5 Å². The highest BCUT2D eigenvalue weighted by Crippen LogP contribution is 2.29. The van der Waals surface area contributed by atoms with Crippen LogP contribution in [0.3, 0.4) is 0 Å². The van der Waals surface area contributed by atoms with Gasteiger partial charge in [0.05, 0.1) is 9.92 Å². The Balaban J connectivity index is 2.45. The van der Waals surface area contributed by atoms with E-state index in [1.165, 1.54) is 27.8 Å².